The van der Waals surface area contributed by atoms with Crippen molar-refractivity contribution in [1.29, 1.82) is 0 Å². The first-order chi connectivity index (χ1) is 3.12. The Kier molecular flexibility index (Phi) is 2.69. The second-order valence-corrected chi connectivity index (χ2v) is 3.50. The summed E-state index contributed by atoms with van der Waals surface area (Å²) < 4.78 is 9.06. The second-order valence-electron chi connectivity index (χ2n) is 1.17. The van der Waals surface area contributed by atoms with E-state index in [1.807, 2.05) is 0 Å². The Hall–Kier alpha value is 0.310. The molecule has 0 aromatic carbocycles. The molecule has 1 N–H and O–H groups in total. The molecule has 0 aliphatic heterocycles. The van der Waals surface area contributed by atoms with Gasteiger partial charge in [-0.1, -0.05) is 0 Å². The molecule has 0 unspecified atom stereocenters. The van der Waals surface area contributed by atoms with Gasteiger partial charge in [-0.15, -0.1) is 0 Å². The average Bonchev–Trinajstić information content (AvgIpc) is 1.68. The maximum atomic E-state index is 8.80. The Bertz CT molecular complexity index is 48.1. The van der Waals surface area contributed by atoms with Crippen LogP contribution in [0.5, 0.6) is 0 Å². The van der Waals surface area contributed by atoms with Crippen LogP contribution in [0.25, 0.3) is 0 Å². The van der Waals surface area contributed by atoms with E-state index in [4.69, 9.17) is 4.89 Å². The molecule has 0 atom stereocenters. The summed E-state index contributed by atoms with van der Waals surface area (Å²) in [4.78, 5) is 8.80. The Morgan fingerprint density at radius 1 is 1.29 bits per heavy atom. The molecule has 0 aliphatic carbocycles. The first-order valence-corrected chi connectivity index (χ1v) is 3.85. The van der Waals surface area contributed by atoms with Crippen LogP contribution in [0.15, 0.2) is 0 Å². The van der Waals surface area contributed by atoms with Crippen LogP contribution < -0.4 is 0 Å². The fourth-order valence-electron chi connectivity index (χ4n) is 0.0745. The van der Waals surface area contributed by atoms with E-state index < -0.39 is 7.94 Å². The highest BCUT2D eigenvalue weighted by Gasteiger charge is 2.28. The van der Waals surface area contributed by atoms with Gasteiger partial charge in [0.25, 0.3) is 0 Å². The predicted molar refractivity (Wildman–Crippen MR) is 29.1 cm³/mol. The summed E-state index contributed by atoms with van der Waals surface area (Å²) in [5, 5.41) is 0. The first-order valence-electron chi connectivity index (χ1n) is 1.83. The molecular weight excluding hydrogens is 115 g/mol. The minimum atomic E-state index is -2.40. The van der Waals surface area contributed by atoms with E-state index in [2.05, 4.69) is 9.05 Å². The van der Waals surface area contributed by atoms with Crippen molar-refractivity contribution in [2.24, 2.45) is 0 Å². The van der Waals surface area contributed by atoms with Crippen molar-refractivity contribution in [3.8, 4) is 0 Å². The number of hydrogen-bond acceptors (Lipinski definition) is 3. The van der Waals surface area contributed by atoms with Crippen molar-refractivity contribution in [2.75, 3.05) is 20.9 Å². The smallest absolute Gasteiger partial charge is 0.193 e. The van der Waals surface area contributed by atoms with Crippen molar-refractivity contribution >= 4 is 7.94 Å². The molecule has 0 aromatic rings. The van der Waals surface area contributed by atoms with Crippen LogP contribution in [0.4, 0.5) is 0 Å². The zero-order chi connectivity index (χ0) is 5.91. The second kappa shape index (κ2) is 2.58. The van der Waals surface area contributed by atoms with Crippen LogP contribution in [0.3, 0.4) is 0 Å². The van der Waals surface area contributed by atoms with Gasteiger partial charge in [0, 0.05) is 0 Å². The molecule has 0 aromatic heterocycles. The van der Waals surface area contributed by atoms with Gasteiger partial charge in [0.15, 0.2) is 0 Å². The number of hydrogen-bond donors (Lipinski definition) is 1. The fraction of sp³-hybridized carbons (Fsp3) is 1.00. The molecule has 44 valence electrons. The lowest BCUT2D eigenvalue weighted by Gasteiger charge is -2.04. The molecule has 4 heteroatoms. The third-order valence-electron chi connectivity index (χ3n) is 0.678. The molecule has 0 saturated heterocycles. The lowest BCUT2D eigenvalue weighted by molar-refractivity contribution is 0.247. The van der Waals surface area contributed by atoms with Crippen LogP contribution in [0.1, 0.15) is 0 Å². The van der Waals surface area contributed by atoms with Gasteiger partial charge >= 0.3 is 7.94 Å². The lowest BCUT2D eigenvalue weighted by Crippen LogP contribution is -1.92. The highest BCUT2D eigenvalue weighted by molar-refractivity contribution is 7.59. The summed E-state index contributed by atoms with van der Waals surface area (Å²) in [6.45, 7) is 1.52. The van der Waals surface area contributed by atoms with Crippen molar-refractivity contribution in [3.63, 3.8) is 0 Å². The topological polar surface area (TPSA) is 38.7 Å². The average molecular weight is 125 g/mol. The van der Waals surface area contributed by atoms with E-state index >= 15 is 0 Å². The van der Waals surface area contributed by atoms with Gasteiger partial charge in [-0.25, -0.2) is 0 Å². The molecule has 0 spiro atoms. The van der Waals surface area contributed by atoms with Crippen LogP contribution in [-0.2, 0) is 9.05 Å². The van der Waals surface area contributed by atoms with Crippen molar-refractivity contribution < 1.29 is 13.9 Å². The monoisotopic (exact) mass is 125 g/mol. The molecule has 0 amide bonds. The third-order valence-corrected chi connectivity index (χ3v) is 2.03. The molecule has 7 heavy (non-hydrogen) atoms. The summed E-state index contributed by atoms with van der Waals surface area (Å²) in [6, 6.07) is 0. The van der Waals surface area contributed by atoms with Crippen molar-refractivity contribution in [1.82, 2.24) is 0 Å². The van der Waals surface area contributed by atoms with Crippen LogP contribution in [0.2, 0.25) is 0 Å². The Morgan fingerprint density at radius 3 is 1.57 bits per heavy atom. The molecular formula is C3H10O3P+. The molecule has 0 saturated carbocycles. The van der Waals surface area contributed by atoms with E-state index in [1.54, 1.807) is 0 Å². The molecule has 0 aliphatic rings. The Morgan fingerprint density at radius 2 is 1.57 bits per heavy atom. The van der Waals surface area contributed by atoms with Gasteiger partial charge in [-0.2, -0.15) is 13.9 Å². The van der Waals surface area contributed by atoms with E-state index in [1.165, 1.54) is 20.9 Å². The first kappa shape index (κ1) is 7.31. The number of rotatable bonds is 2. The molecule has 0 rings (SSSR count). The fourth-order valence-corrected chi connectivity index (χ4v) is 0.224. The summed E-state index contributed by atoms with van der Waals surface area (Å²) in [6.07, 6.45) is 0. The van der Waals surface area contributed by atoms with Gasteiger partial charge in [0.1, 0.15) is 6.66 Å². The van der Waals surface area contributed by atoms with Gasteiger partial charge in [-0.05, 0) is 0 Å². The maximum Gasteiger partial charge on any atom is 0.405 e. The van der Waals surface area contributed by atoms with E-state index in [9.17, 15) is 0 Å². The lowest BCUT2D eigenvalue weighted by atomic mass is 11.8. The molecule has 0 bridgehead atoms. The van der Waals surface area contributed by atoms with E-state index in [0.717, 1.165) is 0 Å². The van der Waals surface area contributed by atoms with Gasteiger partial charge in [-0.3, -0.25) is 0 Å². The Balaban J connectivity index is 3.36. The third kappa shape index (κ3) is 2.94. The van der Waals surface area contributed by atoms with Crippen molar-refractivity contribution in [3.05, 3.63) is 0 Å². The zero-order valence-electron chi connectivity index (χ0n) is 4.71. The molecule has 3 nitrogen and oxygen atoms in total. The van der Waals surface area contributed by atoms with E-state index in [0.29, 0.717) is 0 Å². The zero-order valence-corrected chi connectivity index (χ0v) is 5.61. The standard InChI is InChI=1S/C3H10O3P/c1-5-7(3,4)6-2/h4H,1-3H3/q+1. The highest BCUT2D eigenvalue weighted by atomic mass is 31.2. The van der Waals surface area contributed by atoms with Crippen molar-refractivity contribution in [2.45, 2.75) is 0 Å². The van der Waals surface area contributed by atoms with Crippen LogP contribution >= 0.6 is 7.94 Å². The molecule has 0 radical (unpaired) electrons. The predicted octanol–water partition coefficient (Wildman–Crippen LogP) is 0.664. The summed E-state index contributed by atoms with van der Waals surface area (Å²) >= 11 is 0. The molecule has 0 fully saturated rings. The van der Waals surface area contributed by atoms with E-state index in [-0.39, 0.29) is 0 Å². The van der Waals surface area contributed by atoms with Gasteiger partial charge < -0.3 is 0 Å². The molecule has 0 heterocycles. The van der Waals surface area contributed by atoms with Gasteiger partial charge in [0.2, 0.25) is 0 Å². The normalized spacial score (nSPS) is 12.0. The summed E-state index contributed by atoms with van der Waals surface area (Å²) in [7, 11) is 0.424. The minimum Gasteiger partial charge on any atom is -0.193 e. The largest absolute Gasteiger partial charge is 0.405 e. The summed E-state index contributed by atoms with van der Waals surface area (Å²) in [5.41, 5.74) is 0. The Labute approximate surface area is 43.8 Å². The summed E-state index contributed by atoms with van der Waals surface area (Å²) in [5.74, 6) is 0. The van der Waals surface area contributed by atoms with Crippen LogP contribution in [0, 0.1) is 0 Å². The van der Waals surface area contributed by atoms with Crippen LogP contribution in [-0.4, -0.2) is 25.8 Å². The highest BCUT2D eigenvalue weighted by Crippen LogP contribution is 2.50. The minimum absolute atomic E-state index is 1.41. The SMILES string of the molecule is CO[P+](C)(O)OC. The quantitative estimate of drug-likeness (QED) is 0.551. The maximum absolute atomic E-state index is 8.80. The van der Waals surface area contributed by atoms with Gasteiger partial charge in [0.05, 0.1) is 14.2 Å².